The van der Waals surface area contributed by atoms with E-state index in [-0.39, 0.29) is 12.1 Å². The van der Waals surface area contributed by atoms with E-state index in [1.54, 1.807) is 0 Å². The summed E-state index contributed by atoms with van der Waals surface area (Å²) < 4.78 is 0. The fourth-order valence-electron chi connectivity index (χ4n) is 2.24. The highest BCUT2D eigenvalue weighted by atomic mass is 35.5. The van der Waals surface area contributed by atoms with Gasteiger partial charge in [-0.1, -0.05) is 17.7 Å². The molecule has 17 heavy (non-hydrogen) atoms. The van der Waals surface area contributed by atoms with E-state index >= 15 is 0 Å². The van der Waals surface area contributed by atoms with Crippen LogP contribution in [0.2, 0.25) is 5.02 Å². The summed E-state index contributed by atoms with van der Waals surface area (Å²) >= 11 is 6.28. The molecule has 1 aliphatic rings. The number of rotatable bonds is 2. The molecule has 0 aliphatic carbocycles. The minimum Gasteiger partial charge on any atom is -0.391 e. The molecule has 1 aromatic carbocycles. The molecule has 1 aliphatic heterocycles. The molecule has 1 saturated heterocycles. The van der Waals surface area contributed by atoms with Crippen molar-refractivity contribution in [3.63, 3.8) is 0 Å². The number of hydrogen-bond donors (Lipinski definition) is 2. The lowest BCUT2D eigenvalue weighted by molar-refractivity contribution is 0.154. The van der Waals surface area contributed by atoms with Crippen molar-refractivity contribution in [2.75, 3.05) is 18.0 Å². The first-order chi connectivity index (χ1) is 8.08. The zero-order chi connectivity index (χ0) is 12.4. The van der Waals surface area contributed by atoms with E-state index in [1.807, 2.05) is 25.1 Å². The molecule has 3 nitrogen and oxygen atoms in total. The largest absolute Gasteiger partial charge is 0.391 e. The molecule has 4 heteroatoms. The second kappa shape index (κ2) is 5.25. The van der Waals surface area contributed by atoms with E-state index in [4.69, 9.17) is 17.3 Å². The molecular formula is C13H19ClN2O. The van der Waals surface area contributed by atoms with Crippen molar-refractivity contribution in [1.29, 1.82) is 0 Å². The van der Waals surface area contributed by atoms with Crippen LogP contribution in [0.1, 0.15) is 31.4 Å². The number of nitrogens with two attached hydrogens (primary N) is 1. The molecule has 1 fully saturated rings. The molecule has 1 heterocycles. The molecule has 2 atom stereocenters. The molecule has 2 rings (SSSR count). The lowest BCUT2D eigenvalue weighted by Gasteiger charge is -2.32. The van der Waals surface area contributed by atoms with Crippen LogP contribution in [-0.4, -0.2) is 24.3 Å². The number of anilines is 1. The predicted octanol–water partition coefficient (Wildman–Crippen LogP) is 2.32. The molecule has 94 valence electrons. The van der Waals surface area contributed by atoms with Crippen LogP contribution in [0.4, 0.5) is 5.69 Å². The fourth-order valence-corrected chi connectivity index (χ4v) is 2.54. The summed E-state index contributed by atoms with van der Waals surface area (Å²) in [7, 11) is 0. The molecule has 0 amide bonds. The molecule has 0 saturated carbocycles. The SMILES string of the molecule is CC(N)c1ccc(N2CCCC(O)C2)c(Cl)c1. The third-order valence-corrected chi connectivity index (χ3v) is 3.54. The molecule has 0 spiro atoms. The fraction of sp³-hybridized carbons (Fsp3) is 0.538. The van der Waals surface area contributed by atoms with Crippen molar-refractivity contribution < 1.29 is 5.11 Å². The summed E-state index contributed by atoms with van der Waals surface area (Å²) in [5.41, 5.74) is 7.85. The normalized spacial score (nSPS) is 22.6. The van der Waals surface area contributed by atoms with Crippen LogP contribution in [0.5, 0.6) is 0 Å². The first kappa shape index (κ1) is 12.7. The van der Waals surface area contributed by atoms with Gasteiger partial charge in [0.25, 0.3) is 0 Å². The van der Waals surface area contributed by atoms with Gasteiger partial charge in [0, 0.05) is 19.1 Å². The van der Waals surface area contributed by atoms with Crippen LogP contribution >= 0.6 is 11.6 Å². The van der Waals surface area contributed by atoms with Gasteiger partial charge in [0.05, 0.1) is 16.8 Å². The van der Waals surface area contributed by atoms with E-state index in [9.17, 15) is 5.11 Å². The third kappa shape index (κ3) is 2.92. The van der Waals surface area contributed by atoms with Crippen molar-refractivity contribution in [3.8, 4) is 0 Å². The minimum absolute atomic E-state index is 0.00602. The van der Waals surface area contributed by atoms with E-state index in [1.165, 1.54) is 0 Å². The van der Waals surface area contributed by atoms with Crippen LogP contribution in [0, 0.1) is 0 Å². The summed E-state index contributed by atoms with van der Waals surface area (Å²) in [6.45, 7) is 3.56. The van der Waals surface area contributed by atoms with Gasteiger partial charge in [-0.2, -0.15) is 0 Å². The van der Waals surface area contributed by atoms with Crippen molar-refractivity contribution in [2.24, 2.45) is 5.73 Å². The monoisotopic (exact) mass is 254 g/mol. The highest BCUT2D eigenvalue weighted by molar-refractivity contribution is 6.33. The van der Waals surface area contributed by atoms with E-state index in [0.29, 0.717) is 11.6 Å². The predicted molar refractivity (Wildman–Crippen MR) is 71.5 cm³/mol. The second-order valence-electron chi connectivity index (χ2n) is 4.74. The second-order valence-corrected chi connectivity index (χ2v) is 5.15. The van der Waals surface area contributed by atoms with Gasteiger partial charge in [-0.15, -0.1) is 0 Å². The number of benzene rings is 1. The maximum absolute atomic E-state index is 9.67. The quantitative estimate of drug-likeness (QED) is 0.852. The van der Waals surface area contributed by atoms with Crippen LogP contribution < -0.4 is 10.6 Å². The van der Waals surface area contributed by atoms with Crippen LogP contribution in [0.3, 0.4) is 0 Å². The van der Waals surface area contributed by atoms with E-state index < -0.39 is 0 Å². The van der Waals surface area contributed by atoms with Crippen molar-refractivity contribution >= 4 is 17.3 Å². The minimum atomic E-state index is -0.243. The summed E-state index contributed by atoms with van der Waals surface area (Å²) in [5, 5.41) is 10.4. The Hall–Kier alpha value is -0.770. The van der Waals surface area contributed by atoms with Gasteiger partial charge in [-0.25, -0.2) is 0 Å². The van der Waals surface area contributed by atoms with Crippen LogP contribution in [0.25, 0.3) is 0 Å². The van der Waals surface area contributed by atoms with Gasteiger partial charge in [-0.05, 0) is 37.5 Å². The topological polar surface area (TPSA) is 49.5 Å². The number of hydrogen-bond acceptors (Lipinski definition) is 3. The first-order valence-electron chi connectivity index (χ1n) is 6.06. The Morgan fingerprint density at radius 2 is 2.29 bits per heavy atom. The highest BCUT2D eigenvalue weighted by Crippen LogP contribution is 2.30. The standard InChI is InChI=1S/C13H19ClN2O/c1-9(15)10-4-5-13(12(14)7-10)16-6-2-3-11(17)8-16/h4-5,7,9,11,17H,2-3,6,8,15H2,1H3. The first-order valence-corrected chi connectivity index (χ1v) is 6.44. The molecular weight excluding hydrogens is 236 g/mol. The van der Waals surface area contributed by atoms with Gasteiger partial charge in [0.1, 0.15) is 0 Å². The van der Waals surface area contributed by atoms with E-state index in [2.05, 4.69) is 4.90 Å². The average Bonchev–Trinajstić information content (AvgIpc) is 2.28. The number of aliphatic hydroxyl groups is 1. The Bertz CT molecular complexity index is 395. The molecule has 2 unspecified atom stereocenters. The van der Waals surface area contributed by atoms with Gasteiger partial charge < -0.3 is 15.7 Å². The number of piperidine rings is 1. The average molecular weight is 255 g/mol. The zero-order valence-corrected chi connectivity index (χ0v) is 10.8. The Morgan fingerprint density at radius 3 is 2.88 bits per heavy atom. The number of nitrogens with zero attached hydrogens (tertiary/aromatic N) is 1. The Morgan fingerprint density at radius 1 is 1.53 bits per heavy atom. The molecule has 0 radical (unpaired) electrons. The van der Waals surface area contributed by atoms with Crippen molar-refractivity contribution in [2.45, 2.75) is 31.9 Å². The van der Waals surface area contributed by atoms with Gasteiger partial charge in [0.15, 0.2) is 0 Å². The maximum atomic E-state index is 9.67. The lowest BCUT2D eigenvalue weighted by Crippen LogP contribution is -2.38. The smallest absolute Gasteiger partial charge is 0.0715 e. The van der Waals surface area contributed by atoms with Gasteiger partial charge in [0.2, 0.25) is 0 Å². The highest BCUT2D eigenvalue weighted by Gasteiger charge is 2.19. The number of aliphatic hydroxyl groups excluding tert-OH is 1. The van der Waals surface area contributed by atoms with Crippen molar-refractivity contribution in [1.82, 2.24) is 0 Å². The molecule has 0 aromatic heterocycles. The summed E-state index contributed by atoms with van der Waals surface area (Å²) in [4.78, 5) is 2.14. The van der Waals surface area contributed by atoms with E-state index in [0.717, 1.165) is 30.6 Å². The molecule has 0 bridgehead atoms. The number of β-amino-alcohol motifs (C(OH)–C–C–N with tert-alkyl or cyclic N) is 1. The summed E-state index contributed by atoms with van der Waals surface area (Å²) in [6, 6.07) is 5.92. The third-order valence-electron chi connectivity index (χ3n) is 3.23. The van der Waals surface area contributed by atoms with Gasteiger partial charge >= 0.3 is 0 Å². The van der Waals surface area contributed by atoms with Crippen LogP contribution in [0.15, 0.2) is 18.2 Å². The van der Waals surface area contributed by atoms with Crippen molar-refractivity contribution in [3.05, 3.63) is 28.8 Å². The Kier molecular flexibility index (Phi) is 3.92. The Labute approximate surface area is 107 Å². The zero-order valence-electron chi connectivity index (χ0n) is 10.1. The maximum Gasteiger partial charge on any atom is 0.0715 e. The van der Waals surface area contributed by atoms with Gasteiger partial charge in [-0.3, -0.25) is 0 Å². The molecule has 1 aromatic rings. The summed E-state index contributed by atoms with van der Waals surface area (Å²) in [6.07, 6.45) is 1.64. The Balaban J connectivity index is 2.21. The summed E-state index contributed by atoms with van der Waals surface area (Å²) in [5.74, 6) is 0. The van der Waals surface area contributed by atoms with Crippen LogP contribution in [-0.2, 0) is 0 Å². The lowest BCUT2D eigenvalue weighted by atomic mass is 10.1. The molecule has 3 N–H and O–H groups in total. The number of halogens is 1.